The van der Waals surface area contributed by atoms with Gasteiger partial charge in [0.2, 0.25) is 5.91 Å². The minimum absolute atomic E-state index is 0.101. The summed E-state index contributed by atoms with van der Waals surface area (Å²) in [5.41, 5.74) is 0.753. The van der Waals surface area contributed by atoms with E-state index in [4.69, 9.17) is 9.84 Å². The summed E-state index contributed by atoms with van der Waals surface area (Å²) < 4.78 is 5.69. The lowest BCUT2D eigenvalue weighted by Gasteiger charge is -2.10. The predicted molar refractivity (Wildman–Crippen MR) is 81.9 cm³/mol. The van der Waals surface area contributed by atoms with Crippen LogP contribution in [0.1, 0.15) is 12.5 Å². The highest BCUT2D eigenvalue weighted by Crippen LogP contribution is 2.21. The van der Waals surface area contributed by atoms with Gasteiger partial charge in [0.25, 0.3) is 0 Å². The van der Waals surface area contributed by atoms with Gasteiger partial charge in [-0.15, -0.1) is 0 Å². The van der Waals surface area contributed by atoms with Crippen molar-refractivity contribution in [3.05, 3.63) is 60.2 Å². The van der Waals surface area contributed by atoms with Crippen LogP contribution in [0.4, 0.5) is 0 Å². The van der Waals surface area contributed by atoms with Crippen LogP contribution in [0.2, 0.25) is 0 Å². The maximum atomic E-state index is 11.8. The first-order valence-corrected chi connectivity index (χ1v) is 6.88. The van der Waals surface area contributed by atoms with Crippen LogP contribution in [0, 0.1) is 0 Å². The summed E-state index contributed by atoms with van der Waals surface area (Å²) in [6.07, 6.45) is 0.101. The van der Waals surface area contributed by atoms with Gasteiger partial charge in [-0.2, -0.15) is 0 Å². The Labute approximate surface area is 128 Å². The van der Waals surface area contributed by atoms with Crippen LogP contribution >= 0.6 is 0 Å². The number of carboxylic acid groups (broad SMARTS) is 1. The van der Waals surface area contributed by atoms with Crippen molar-refractivity contribution in [2.24, 2.45) is 0 Å². The molecule has 0 fully saturated rings. The molecule has 2 aromatic carbocycles. The highest BCUT2D eigenvalue weighted by Gasteiger charge is 2.14. The summed E-state index contributed by atoms with van der Waals surface area (Å²) in [6, 6.07) is 15.6. The van der Waals surface area contributed by atoms with E-state index in [2.05, 4.69) is 5.32 Å². The number of nitrogens with one attached hydrogen (secondary N) is 1. The number of carbonyl (C=O) groups excluding carboxylic acids is 1. The SMILES string of the molecule is CC(NC(=O)Cc1cccc(Oc2ccccc2)c1)C(=O)O. The maximum Gasteiger partial charge on any atom is 0.325 e. The minimum atomic E-state index is -1.06. The zero-order chi connectivity index (χ0) is 15.9. The standard InChI is InChI=1S/C17H17NO4/c1-12(17(20)21)18-16(19)11-13-6-5-9-15(10-13)22-14-7-3-2-4-8-14/h2-10,12H,11H2,1H3,(H,18,19)(H,20,21). The van der Waals surface area contributed by atoms with Crippen molar-refractivity contribution in [1.29, 1.82) is 0 Å². The lowest BCUT2D eigenvalue weighted by Crippen LogP contribution is -2.39. The van der Waals surface area contributed by atoms with Crippen LogP contribution in [0.3, 0.4) is 0 Å². The van der Waals surface area contributed by atoms with Crippen LogP contribution < -0.4 is 10.1 Å². The van der Waals surface area contributed by atoms with Crippen molar-refractivity contribution in [3.8, 4) is 11.5 Å². The molecule has 22 heavy (non-hydrogen) atoms. The molecule has 114 valence electrons. The third kappa shape index (κ3) is 4.63. The number of benzene rings is 2. The van der Waals surface area contributed by atoms with Crippen LogP contribution in [0.5, 0.6) is 11.5 Å². The molecule has 1 amide bonds. The Balaban J connectivity index is 1.99. The van der Waals surface area contributed by atoms with Crippen LogP contribution in [-0.4, -0.2) is 23.0 Å². The molecule has 0 spiro atoms. The lowest BCUT2D eigenvalue weighted by atomic mass is 10.1. The van der Waals surface area contributed by atoms with Gasteiger partial charge >= 0.3 is 5.97 Å². The van der Waals surface area contributed by atoms with E-state index in [9.17, 15) is 9.59 Å². The first-order valence-electron chi connectivity index (χ1n) is 6.88. The Bertz CT molecular complexity index is 655. The van der Waals surface area contributed by atoms with Crippen LogP contribution in [-0.2, 0) is 16.0 Å². The van der Waals surface area contributed by atoms with Crippen LogP contribution in [0.25, 0.3) is 0 Å². The second kappa shape index (κ2) is 7.26. The zero-order valence-corrected chi connectivity index (χ0v) is 12.2. The molecule has 2 aromatic rings. The van der Waals surface area contributed by atoms with E-state index in [1.54, 1.807) is 24.3 Å². The molecule has 2 rings (SSSR count). The first-order chi connectivity index (χ1) is 10.5. The third-order valence-electron chi connectivity index (χ3n) is 2.99. The summed E-state index contributed by atoms with van der Waals surface area (Å²) in [5, 5.41) is 11.2. The number of carboxylic acids is 1. The van der Waals surface area contributed by atoms with Gasteiger partial charge in [0.15, 0.2) is 0 Å². The number of carbonyl (C=O) groups is 2. The molecule has 0 aliphatic rings. The average molecular weight is 299 g/mol. The molecular weight excluding hydrogens is 282 g/mol. The van der Waals surface area contributed by atoms with Crippen molar-refractivity contribution < 1.29 is 19.4 Å². The normalized spacial score (nSPS) is 11.5. The van der Waals surface area contributed by atoms with E-state index in [0.717, 1.165) is 5.56 Å². The van der Waals surface area contributed by atoms with E-state index in [-0.39, 0.29) is 12.3 Å². The Kier molecular flexibility index (Phi) is 5.14. The van der Waals surface area contributed by atoms with Crippen molar-refractivity contribution >= 4 is 11.9 Å². The maximum absolute atomic E-state index is 11.8. The number of hydrogen-bond acceptors (Lipinski definition) is 3. The molecule has 0 saturated heterocycles. The quantitative estimate of drug-likeness (QED) is 0.859. The van der Waals surface area contributed by atoms with Gasteiger partial charge < -0.3 is 15.2 Å². The number of hydrogen-bond donors (Lipinski definition) is 2. The Morgan fingerprint density at radius 3 is 2.45 bits per heavy atom. The molecular formula is C17H17NO4. The second-order valence-electron chi connectivity index (χ2n) is 4.87. The fourth-order valence-corrected chi connectivity index (χ4v) is 1.88. The van der Waals surface area contributed by atoms with Gasteiger partial charge in [0.1, 0.15) is 17.5 Å². The Morgan fingerprint density at radius 2 is 1.77 bits per heavy atom. The molecule has 0 saturated carbocycles. The molecule has 0 aliphatic heterocycles. The van der Waals surface area contributed by atoms with Crippen molar-refractivity contribution in [3.63, 3.8) is 0 Å². The van der Waals surface area contributed by atoms with Crippen molar-refractivity contribution in [1.82, 2.24) is 5.32 Å². The largest absolute Gasteiger partial charge is 0.480 e. The fourth-order valence-electron chi connectivity index (χ4n) is 1.88. The Hall–Kier alpha value is -2.82. The van der Waals surface area contributed by atoms with E-state index in [1.807, 2.05) is 30.3 Å². The number of amides is 1. The molecule has 0 aliphatic carbocycles. The Morgan fingerprint density at radius 1 is 1.09 bits per heavy atom. The molecule has 0 bridgehead atoms. The molecule has 5 nitrogen and oxygen atoms in total. The smallest absolute Gasteiger partial charge is 0.325 e. The lowest BCUT2D eigenvalue weighted by molar-refractivity contribution is -0.141. The number of aliphatic carboxylic acids is 1. The number of para-hydroxylation sites is 1. The minimum Gasteiger partial charge on any atom is -0.480 e. The average Bonchev–Trinajstić information content (AvgIpc) is 2.48. The predicted octanol–water partition coefficient (Wildman–Crippen LogP) is 2.61. The molecule has 0 radical (unpaired) electrons. The first kappa shape index (κ1) is 15.6. The van der Waals surface area contributed by atoms with Crippen molar-refractivity contribution in [2.45, 2.75) is 19.4 Å². The van der Waals surface area contributed by atoms with Crippen molar-refractivity contribution in [2.75, 3.05) is 0 Å². The monoisotopic (exact) mass is 299 g/mol. The molecule has 5 heteroatoms. The number of ether oxygens (including phenoxy) is 1. The van der Waals surface area contributed by atoms with E-state index >= 15 is 0 Å². The van der Waals surface area contributed by atoms with Gasteiger partial charge in [-0.05, 0) is 36.8 Å². The topological polar surface area (TPSA) is 75.6 Å². The zero-order valence-electron chi connectivity index (χ0n) is 12.2. The summed E-state index contributed by atoms with van der Waals surface area (Å²) in [7, 11) is 0. The van der Waals surface area contributed by atoms with E-state index in [1.165, 1.54) is 6.92 Å². The highest BCUT2D eigenvalue weighted by atomic mass is 16.5. The van der Waals surface area contributed by atoms with Gasteiger partial charge in [0.05, 0.1) is 6.42 Å². The van der Waals surface area contributed by atoms with E-state index < -0.39 is 12.0 Å². The highest BCUT2D eigenvalue weighted by molar-refractivity contribution is 5.84. The summed E-state index contributed by atoms with van der Waals surface area (Å²) in [4.78, 5) is 22.5. The molecule has 1 unspecified atom stereocenters. The molecule has 0 aromatic heterocycles. The fraction of sp³-hybridized carbons (Fsp3) is 0.176. The van der Waals surface area contributed by atoms with Gasteiger partial charge in [-0.25, -0.2) is 0 Å². The van der Waals surface area contributed by atoms with Gasteiger partial charge in [0, 0.05) is 0 Å². The second-order valence-corrected chi connectivity index (χ2v) is 4.87. The number of rotatable bonds is 6. The molecule has 2 N–H and O–H groups in total. The third-order valence-corrected chi connectivity index (χ3v) is 2.99. The van der Waals surface area contributed by atoms with E-state index in [0.29, 0.717) is 11.5 Å². The molecule has 0 heterocycles. The summed E-state index contributed by atoms with van der Waals surface area (Å²) >= 11 is 0. The summed E-state index contributed by atoms with van der Waals surface area (Å²) in [6.45, 7) is 1.43. The van der Waals surface area contributed by atoms with Gasteiger partial charge in [-0.1, -0.05) is 30.3 Å². The van der Waals surface area contributed by atoms with Crippen LogP contribution in [0.15, 0.2) is 54.6 Å². The van der Waals surface area contributed by atoms with Gasteiger partial charge in [-0.3, -0.25) is 9.59 Å². The molecule has 1 atom stereocenters. The summed E-state index contributed by atoms with van der Waals surface area (Å²) in [5.74, 6) is -0.0624.